The topological polar surface area (TPSA) is 24.9 Å². The molecule has 0 aliphatic rings. The molecule has 1 heterocycles. The molecule has 0 radical (unpaired) electrons. The van der Waals surface area contributed by atoms with E-state index >= 15 is 0 Å². The molecule has 2 heteroatoms. The predicted octanol–water partition coefficient (Wildman–Crippen LogP) is 2.59. The number of anilines is 1. The molecular formula is C10H12N2. The van der Waals surface area contributed by atoms with Gasteiger partial charge in [-0.2, -0.15) is 0 Å². The predicted molar refractivity (Wildman–Crippen MR) is 52.9 cm³/mol. The maximum Gasteiger partial charge on any atom is 0.137 e. The van der Waals surface area contributed by atoms with Crippen LogP contribution in [-0.2, 0) is 0 Å². The molecule has 0 saturated carbocycles. The van der Waals surface area contributed by atoms with Gasteiger partial charge in [0.25, 0.3) is 0 Å². The second kappa shape index (κ2) is 3.72. The number of pyridine rings is 1. The summed E-state index contributed by atoms with van der Waals surface area (Å²) in [6, 6.07) is 3.92. The van der Waals surface area contributed by atoms with Gasteiger partial charge in [-0.25, -0.2) is 4.98 Å². The summed E-state index contributed by atoms with van der Waals surface area (Å²) in [7, 11) is 0. The highest BCUT2D eigenvalue weighted by Gasteiger charge is 1.97. The molecule has 0 amide bonds. The summed E-state index contributed by atoms with van der Waals surface area (Å²) in [6.07, 6.45) is 3.37. The molecule has 0 unspecified atom stereocenters. The summed E-state index contributed by atoms with van der Waals surface area (Å²) in [6.45, 7) is 9.21. The van der Waals surface area contributed by atoms with E-state index < -0.39 is 0 Å². The Hall–Kier alpha value is -1.57. The molecule has 0 aliphatic carbocycles. The zero-order chi connectivity index (χ0) is 8.97. The second-order valence-electron chi connectivity index (χ2n) is 2.44. The Bertz CT molecular complexity index is 303. The van der Waals surface area contributed by atoms with Gasteiger partial charge < -0.3 is 5.32 Å². The van der Waals surface area contributed by atoms with Crippen molar-refractivity contribution in [2.45, 2.75) is 6.92 Å². The van der Waals surface area contributed by atoms with Gasteiger partial charge in [0.05, 0.1) is 0 Å². The van der Waals surface area contributed by atoms with Crippen molar-refractivity contribution in [2.75, 3.05) is 5.32 Å². The van der Waals surface area contributed by atoms with Gasteiger partial charge in [0.2, 0.25) is 0 Å². The van der Waals surface area contributed by atoms with Gasteiger partial charge >= 0.3 is 0 Å². The van der Waals surface area contributed by atoms with Crippen molar-refractivity contribution < 1.29 is 0 Å². The monoisotopic (exact) mass is 160 g/mol. The lowest BCUT2D eigenvalue weighted by Gasteiger charge is -2.04. The fraction of sp³-hybridized carbons (Fsp3) is 0.100. The van der Waals surface area contributed by atoms with E-state index in [9.17, 15) is 0 Å². The molecule has 62 valence electrons. The summed E-state index contributed by atoms with van der Waals surface area (Å²) < 4.78 is 0. The van der Waals surface area contributed by atoms with Gasteiger partial charge in [0, 0.05) is 11.3 Å². The van der Waals surface area contributed by atoms with Crippen molar-refractivity contribution in [3.63, 3.8) is 0 Å². The van der Waals surface area contributed by atoms with Crippen LogP contribution in [0.4, 0.5) is 5.82 Å². The van der Waals surface area contributed by atoms with Crippen LogP contribution in [0.5, 0.6) is 0 Å². The normalized spacial score (nSPS) is 9.08. The summed E-state index contributed by atoms with van der Waals surface area (Å²) in [5.41, 5.74) is 1.96. The van der Waals surface area contributed by atoms with Gasteiger partial charge in [0.15, 0.2) is 0 Å². The van der Waals surface area contributed by atoms with E-state index in [0.29, 0.717) is 0 Å². The molecule has 1 N–H and O–H groups in total. The molecule has 0 atom stereocenters. The van der Waals surface area contributed by atoms with Gasteiger partial charge in [0.1, 0.15) is 5.82 Å². The molecule has 0 fully saturated rings. The van der Waals surface area contributed by atoms with E-state index in [1.165, 1.54) is 0 Å². The minimum atomic E-state index is 0.806. The Labute approximate surface area is 72.6 Å². The highest BCUT2D eigenvalue weighted by Crippen LogP contribution is 2.13. The van der Waals surface area contributed by atoms with Crippen LogP contribution in [-0.4, -0.2) is 4.98 Å². The Balaban J connectivity index is 3.11. The summed E-state index contributed by atoms with van der Waals surface area (Å²) in [5, 5.41) is 2.95. The van der Waals surface area contributed by atoms with Crippen molar-refractivity contribution in [3.05, 3.63) is 42.7 Å². The van der Waals surface area contributed by atoms with Gasteiger partial charge in [-0.05, 0) is 25.3 Å². The highest BCUT2D eigenvalue weighted by molar-refractivity contribution is 5.62. The maximum atomic E-state index is 4.28. The van der Waals surface area contributed by atoms with Gasteiger partial charge in [-0.1, -0.05) is 19.2 Å². The molecule has 0 saturated heterocycles. The van der Waals surface area contributed by atoms with Crippen molar-refractivity contribution in [1.29, 1.82) is 0 Å². The molecule has 0 bridgehead atoms. The van der Waals surface area contributed by atoms with E-state index in [0.717, 1.165) is 17.1 Å². The molecular weight excluding hydrogens is 148 g/mol. The number of aromatic nitrogens is 1. The fourth-order valence-electron chi connectivity index (χ4n) is 0.944. The first kappa shape index (κ1) is 8.53. The van der Waals surface area contributed by atoms with Crippen LogP contribution in [0.25, 0.3) is 6.08 Å². The van der Waals surface area contributed by atoms with Crippen molar-refractivity contribution in [3.8, 4) is 0 Å². The number of rotatable bonds is 3. The minimum absolute atomic E-state index is 0.806. The first-order valence-electron chi connectivity index (χ1n) is 3.75. The lowest BCUT2D eigenvalue weighted by Crippen LogP contribution is -1.95. The van der Waals surface area contributed by atoms with Crippen molar-refractivity contribution in [1.82, 2.24) is 4.98 Å². The number of aryl methyl sites for hydroxylation is 1. The van der Waals surface area contributed by atoms with Crippen LogP contribution in [0, 0.1) is 6.92 Å². The van der Waals surface area contributed by atoms with Gasteiger partial charge in [-0.3, -0.25) is 0 Å². The maximum absolute atomic E-state index is 4.28. The third-order valence-electron chi connectivity index (χ3n) is 1.52. The van der Waals surface area contributed by atoms with Gasteiger partial charge in [-0.15, -0.1) is 0 Å². The van der Waals surface area contributed by atoms with Crippen molar-refractivity contribution in [2.24, 2.45) is 0 Å². The Morgan fingerprint density at radius 1 is 1.42 bits per heavy atom. The first-order valence-corrected chi connectivity index (χ1v) is 3.75. The zero-order valence-corrected chi connectivity index (χ0v) is 7.17. The van der Waals surface area contributed by atoms with E-state index in [2.05, 4.69) is 23.5 Å². The zero-order valence-electron chi connectivity index (χ0n) is 7.17. The SMILES string of the molecule is C=CNc1nc(C)ccc1C=C. The van der Waals surface area contributed by atoms with Crippen LogP contribution >= 0.6 is 0 Å². The number of hydrogen-bond acceptors (Lipinski definition) is 2. The van der Waals surface area contributed by atoms with E-state index in [1.807, 2.05) is 19.1 Å². The van der Waals surface area contributed by atoms with E-state index in [1.54, 1.807) is 12.3 Å². The summed E-state index contributed by atoms with van der Waals surface area (Å²) in [4.78, 5) is 4.28. The Morgan fingerprint density at radius 2 is 2.17 bits per heavy atom. The first-order chi connectivity index (χ1) is 5.77. The number of nitrogens with zero attached hydrogens (tertiary/aromatic N) is 1. The molecule has 1 aromatic heterocycles. The molecule has 1 rings (SSSR count). The quantitative estimate of drug-likeness (QED) is 0.735. The molecule has 0 aromatic carbocycles. The van der Waals surface area contributed by atoms with Crippen LogP contribution in [0.3, 0.4) is 0 Å². The third kappa shape index (κ3) is 1.72. The summed E-state index contributed by atoms with van der Waals surface area (Å²) in [5.74, 6) is 0.806. The molecule has 12 heavy (non-hydrogen) atoms. The summed E-state index contributed by atoms with van der Waals surface area (Å²) >= 11 is 0. The molecule has 0 aliphatic heterocycles. The number of nitrogens with one attached hydrogen (secondary N) is 1. The minimum Gasteiger partial charge on any atom is -0.347 e. The molecule has 0 spiro atoms. The fourth-order valence-corrected chi connectivity index (χ4v) is 0.944. The third-order valence-corrected chi connectivity index (χ3v) is 1.52. The second-order valence-corrected chi connectivity index (χ2v) is 2.44. The lowest BCUT2D eigenvalue weighted by atomic mass is 10.2. The average molecular weight is 160 g/mol. The smallest absolute Gasteiger partial charge is 0.137 e. The van der Waals surface area contributed by atoms with E-state index in [4.69, 9.17) is 0 Å². The van der Waals surface area contributed by atoms with Crippen LogP contribution in [0.2, 0.25) is 0 Å². The lowest BCUT2D eigenvalue weighted by molar-refractivity contribution is 1.19. The Morgan fingerprint density at radius 3 is 2.75 bits per heavy atom. The van der Waals surface area contributed by atoms with Crippen LogP contribution < -0.4 is 5.32 Å². The standard InChI is InChI=1S/C10H12N2/c1-4-9-7-6-8(3)12-10(9)11-5-2/h4-7H,1-2H2,3H3,(H,11,12). The Kier molecular flexibility index (Phi) is 2.64. The number of hydrogen-bond donors (Lipinski definition) is 1. The van der Waals surface area contributed by atoms with E-state index in [-0.39, 0.29) is 0 Å². The average Bonchev–Trinajstić information content (AvgIpc) is 2.05. The molecule has 1 aromatic rings. The van der Waals surface area contributed by atoms with Crippen molar-refractivity contribution >= 4 is 11.9 Å². The highest BCUT2D eigenvalue weighted by atomic mass is 15.0. The van der Waals surface area contributed by atoms with Crippen LogP contribution in [0.1, 0.15) is 11.3 Å². The van der Waals surface area contributed by atoms with Crippen LogP contribution in [0.15, 0.2) is 31.5 Å². The molecule has 2 nitrogen and oxygen atoms in total. The largest absolute Gasteiger partial charge is 0.347 e.